The maximum Gasteiger partial charge on any atom is 0.0381 e. The molecule has 0 amide bonds. The Labute approximate surface area is 166 Å². The lowest BCUT2D eigenvalue weighted by molar-refractivity contribution is 0.343. The van der Waals surface area contributed by atoms with Gasteiger partial charge in [0.25, 0.3) is 0 Å². The van der Waals surface area contributed by atoms with Crippen LogP contribution in [0.1, 0.15) is 107 Å². The number of rotatable bonds is 5. The average molecular weight is 367 g/mol. The summed E-state index contributed by atoms with van der Waals surface area (Å²) < 4.78 is 0. The predicted octanol–water partition coefficient (Wildman–Crippen LogP) is 6.85. The molecule has 3 unspecified atom stereocenters. The fourth-order valence-corrected chi connectivity index (χ4v) is 5.75. The highest BCUT2D eigenvalue weighted by atomic mass is 15.0. The van der Waals surface area contributed by atoms with Crippen LogP contribution in [0.25, 0.3) is 0 Å². The molecule has 0 aromatic heterocycles. The fraction of sp³-hybridized carbons (Fsp3) is 0.680. The Morgan fingerprint density at radius 2 is 1.89 bits per heavy atom. The molecule has 2 N–H and O–H groups in total. The molecule has 0 radical (unpaired) electrons. The van der Waals surface area contributed by atoms with Crippen molar-refractivity contribution in [2.45, 2.75) is 108 Å². The topological polar surface area (TPSA) is 24.1 Å². The summed E-state index contributed by atoms with van der Waals surface area (Å²) in [6, 6.07) is 8.63. The van der Waals surface area contributed by atoms with Crippen molar-refractivity contribution in [1.82, 2.24) is 5.32 Å². The van der Waals surface area contributed by atoms with Crippen molar-refractivity contribution < 1.29 is 0 Å². The van der Waals surface area contributed by atoms with E-state index in [2.05, 4.69) is 48.8 Å². The minimum atomic E-state index is 0.617. The van der Waals surface area contributed by atoms with Crippen LogP contribution >= 0.6 is 0 Å². The number of allylic oxidation sites excluding steroid dienone is 2. The van der Waals surface area contributed by atoms with Crippen LogP contribution in [-0.4, -0.2) is 12.1 Å². The monoisotopic (exact) mass is 366 g/mol. The highest BCUT2D eigenvalue weighted by Gasteiger charge is 2.32. The van der Waals surface area contributed by atoms with Crippen LogP contribution in [0.4, 0.5) is 5.69 Å². The molecule has 1 aromatic rings. The molecule has 148 valence electrons. The van der Waals surface area contributed by atoms with Gasteiger partial charge in [0.15, 0.2) is 0 Å². The molecule has 1 heterocycles. The Bertz CT molecular complexity index is 662. The van der Waals surface area contributed by atoms with E-state index in [0.717, 1.165) is 0 Å². The van der Waals surface area contributed by atoms with Gasteiger partial charge in [0.1, 0.15) is 0 Å². The Kier molecular flexibility index (Phi) is 6.10. The van der Waals surface area contributed by atoms with Crippen molar-refractivity contribution in [2.24, 2.45) is 0 Å². The SMILES string of the molecule is CCC1Nc2cc(C3CCCCC3NC3=CCCCCC3)ccc2[C@@H]1CC. The van der Waals surface area contributed by atoms with Gasteiger partial charge < -0.3 is 10.6 Å². The normalized spacial score (nSPS) is 30.8. The number of benzene rings is 1. The van der Waals surface area contributed by atoms with Crippen LogP contribution in [0.5, 0.6) is 0 Å². The van der Waals surface area contributed by atoms with Crippen LogP contribution in [0.2, 0.25) is 0 Å². The van der Waals surface area contributed by atoms with E-state index in [1.54, 1.807) is 11.1 Å². The molecule has 27 heavy (non-hydrogen) atoms. The molecule has 0 bridgehead atoms. The molecule has 4 rings (SSSR count). The second-order valence-electron chi connectivity index (χ2n) is 8.99. The molecular weight excluding hydrogens is 328 g/mol. The maximum atomic E-state index is 3.99. The number of anilines is 1. The Morgan fingerprint density at radius 3 is 2.74 bits per heavy atom. The largest absolute Gasteiger partial charge is 0.385 e. The Balaban J connectivity index is 1.53. The summed E-state index contributed by atoms with van der Waals surface area (Å²) in [5.74, 6) is 1.35. The average Bonchev–Trinajstić information content (AvgIpc) is 2.86. The van der Waals surface area contributed by atoms with E-state index in [1.165, 1.54) is 82.0 Å². The van der Waals surface area contributed by atoms with Crippen molar-refractivity contribution in [3.63, 3.8) is 0 Å². The first-order valence-corrected chi connectivity index (χ1v) is 11.7. The van der Waals surface area contributed by atoms with E-state index in [1.807, 2.05) is 0 Å². The summed E-state index contributed by atoms with van der Waals surface area (Å²) in [6.07, 6.45) is 17.0. The van der Waals surface area contributed by atoms with E-state index in [4.69, 9.17) is 0 Å². The first-order chi connectivity index (χ1) is 13.3. The quantitative estimate of drug-likeness (QED) is 0.595. The molecule has 3 aliphatic rings. The molecule has 0 saturated heterocycles. The van der Waals surface area contributed by atoms with E-state index >= 15 is 0 Å². The van der Waals surface area contributed by atoms with Gasteiger partial charge in [-0.3, -0.25) is 0 Å². The maximum absolute atomic E-state index is 3.99. The fourth-order valence-electron chi connectivity index (χ4n) is 5.75. The van der Waals surface area contributed by atoms with Gasteiger partial charge in [-0.2, -0.15) is 0 Å². The summed E-state index contributed by atoms with van der Waals surface area (Å²) in [5.41, 5.74) is 6.06. The summed E-state index contributed by atoms with van der Waals surface area (Å²) in [6.45, 7) is 4.65. The van der Waals surface area contributed by atoms with Crippen LogP contribution in [0.15, 0.2) is 30.0 Å². The zero-order valence-corrected chi connectivity index (χ0v) is 17.4. The number of nitrogens with one attached hydrogen (secondary N) is 2. The standard InChI is InChI=1S/C25H38N2/c1-3-20-22-16-15-18(17-25(22)27-23(20)4-2)21-13-9-10-14-24(21)26-19-11-7-5-6-8-12-19/h11,15-17,20-21,23-24,26-27H,3-10,12-14H2,1-2H3/t20-,21?,23?,24?/m0/s1. The van der Waals surface area contributed by atoms with Crippen LogP contribution in [0, 0.1) is 0 Å². The van der Waals surface area contributed by atoms with Gasteiger partial charge in [0.2, 0.25) is 0 Å². The third-order valence-corrected chi connectivity index (χ3v) is 7.29. The molecule has 1 saturated carbocycles. The minimum absolute atomic E-state index is 0.617. The zero-order chi connectivity index (χ0) is 18.6. The van der Waals surface area contributed by atoms with Crippen molar-refractivity contribution in [2.75, 3.05) is 5.32 Å². The van der Waals surface area contributed by atoms with Crippen molar-refractivity contribution >= 4 is 5.69 Å². The van der Waals surface area contributed by atoms with E-state index in [9.17, 15) is 0 Å². The van der Waals surface area contributed by atoms with Crippen molar-refractivity contribution in [3.05, 3.63) is 41.1 Å². The molecule has 1 fully saturated rings. The van der Waals surface area contributed by atoms with E-state index < -0.39 is 0 Å². The highest BCUT2D eigenvalue weighted by Crippen LogP contribution is 2.42. The second-order valence-corrected chi connectivity index (χ2v) is 8.99. The molecule has 4 atom stereocenters. The molecular formula is C25H38N2. The number of fused-ring (bicyclic) bond motifs is 1. The molecule has 1 aliphatic heterocycles. The lowest BCUT2D eigenvalue weighted by Crippen LogP contribution is -2.36. The lowest BCUT2D eigenvalue weighted by Gasteiger charge is -2.34. The van der Waals surface area contributed by atoms with Crippen LogP contribution in [-0.2, 0) is 0 Å². The smallest absolute Gasteiger partial charge is 0.0381 e. The van der Waals surface area contributed by atoms with E-state index in [-0.39, 0.29) is 0 Å². The summed E-state index contributed by atoms with van der Waals surface area (Å²) >= 11 is 0. The highest BCUT2D eigenvalue weighted by molar-refractivity contribution is 5.61. The number of hydrogen-bond donors (Lipinski definition) is 2. The third kappa shape index (κ3) is 4.05. The lowest BCUT2D eigenvalue weighted by atomic mass is 9.79. The van der Waals surface area contributed by atoms with Crippen molar-refractivity contribution in [1.29, 1.82) is 0 Å². The van der Waals surface area contributed by atoms with Gasteiger partial charge in [-0.15, -0.1) is 0 Å². The molecule has 2 heteroatoms. The van der Waals surface area contributed by atoms with Gasteiger partial charge in [-0.25, -0.2) is 0 Å². The van der Waals surface area contributed by atoms with Crippen LogP contribution < -0.4 is 10.6 Å². The van der Waals surface area contributed by atoms with Gasteiger partial charge in [0.05, 0.1) is 0 Å². The zero-order valence-electron chi connectivity index (χ0n) is 17.4. The Morgan fingerprint density at radius 1 is 1.00 bits per heavy atom. The van der Waals surface area contributed by atoms with Gasteiger partial charge in [-0.05, 0) is 68.6 Å². The molecule has 2 aliphatic carbocycles. The first kappa shape index (κ1) is 18.9. The second kappa shape index (κ2) is 8.71. The predicted molar refractivity (Wildman–Crippen MR) is 116 cm³/mol. The third-order valence-electron chi connectivity index (χ3n) is 7.29. The van der Waals surface area contributed by atoms with Crippen molar-refractivity contribution in [3.8, 4) is 0 Å². The van der Waals surface area contributed by atoms with E-state index in [0.29, 0.717) is 23.9 Å². The molecule has 1 aromatic carbocycles. The van der Waals surface area contributed by atoms with Gasteiger partial charge in [-0.1, -0.05) is 51.3 Å². The first-order valence-electron chi connectivity index (χ1n) is 11.7. The Hall–Kier alpha value is -1.44. The summed E-state index contributed by atoms with van der Waals surface area (Å²) in [5, 5.41) is 7.83. The van der Waals surface area contributed by atoms with Crippen LogP contribution in [0.3, 0.4) is 0 Å². The number of hydrogen-bond acceptors (Lipinski definition) is 2. The van der Waals surface area contributed by atoms with Gasteiger partial charge >= 0.3 is 0 Å². The van der Waals surface area contributed by atoms with Gasteiger partial charge in [0, 0.05) is 35.3 Å². The molecule has 2 nitrogen and oxygen atoms in total. The summed E-state index contributed by atoms with van der Waals surface area (Å²) in [4.78, 5) is 0. The minimum Gasteiger partial charge on any atom is -0.385 e. The molecule has 0 spiro atoms. The summed E-state index contributed by atoms with van der Waals surface area (Å²) in [7, 11) is 0.